The highest BCUT2D eigenvalue weighted by Gasteiger charge is 2.13. The van der Waals surface area contributed by atoms with Gasteiger partial charge in [-0.15, -0.1) is 0 Å². The topological polar surface area (TPSA) is 28.7 Å². The molecule has 0 radical (unpaired) electrons. The van der Waals surface area contributed by atoms with Gasteiger partial charge in [-0.2, -0.15) is 0 Å². The molecule has 0 aliphatic carbocycles. The number of hydrogen-bond acceptors (Lipinski definition) is 1. The van der Waals surface area contributed by atoms with Crippen LogP contribution < -0.4 is 0 Å². The van der Waals surface area contributed by atoms with Crippen LogP contribution in [0, 0.1) is 6.92 Å². The monoisotopic (exact) mass is 292 g/mol. The van der Waals surface area contributed by atoms with E-state index in [1.807, 2.05) is 30.5 Å². The second-order valence-corrected chi connectivity index (χ2v) is 5.64. The Labute approximate surface area is 127 Å². The predicted octanol–water partition coefficient (Wildman–Crippen LogP) is 5.34. The van der Waals surface area contributed by atoms with Crippen molar-refractivity contribution >= 4 is 33.4 Å². The lowest BCUT2D eigenvalue weighted by molar-refractivity contribution is 1.30. The molecule has 0 saturated carbocycles. The fourth-order valence-electron chi connectivity index (χ4n) is 2.92. The van der Waals surface area contributed by atoms with Gasteiger partial charge in [-0.1, -0.05) is 41.9 Å². The van der Waals surface area contributed by atoms with Gasteiger partial charge in [-0.05, 0) is 30.7 Å². The molecule has 0 unspecified atom stereocenters. The van der Waals surface area contributed by atoms with Crippen LogP contribution in [0.1, 0.15) is 5.69 Å². The van der Waals surface area contributed by atoms with Crippen LogP contribution in [-0.4, -0.2) is 9.97 Å². The summed E-state index contributed by atoms with van der Waals surface area (Å²) in [6.45, 7) is 2.10. The molecule has 0 atom stereocenters. The van der Waals surface area contributed by atoms with E-state index in [9.17, 15) is 0 Å². The summed E-state index contributed by atoms with van der Waals surface area (Å²) < 4.78 is 0. The summed E-state index contributed by atoms with van der Waals surface area (Å²) in [5.74, 6) is 0. The fourth-order valence-corrected chi connectivity index (χ4v) is 3.09. The normalized spacial score (nSPS) is 11.3. The first-order chi connectivity index (χ1) is 10.2. The molecule has 0 bridgehead atoms. The van der Waals surface area contributed by atoms with Gasteiger partial charge in [0.25, 0.3) is 0 Å². The zero-order valence-electron chi connectivity index (χ0n) is 11.5. The van der Waals surface area contributed by atoms with Crippen LogP contribution >= 0.6 is 11.6 Å². The van der Waals surface area contributed by atoms with E-state index in [2.05, 4.69) is 41.2 Å². The molecule has 2 aromatic heterocycles. The summed E-state index contributed by atoms with van der Waals surface area (Å²) in [5, 5.41) is 2.96. The van der Waals surface area contributed by atoms with Crippen molar-refractivity contribution in [2.24, 2.45) is 0 Å². The largest absolute Gasteiger partial charge is 0.357 e. The van der Waals surface area contributed by atoms with Gasteiger partial charge in [0.05, 0.1) is 11.0 Å². The highest BCUT2D eigenvalue weighted by molar-refractivity contribution is 6.31. The molecule has 2 nitrogen and oxygen atoms in total. The number of hydrogen-bond donors (Lipinski definition) is 1. The number of pyridine rings is 1. The fraction of sp³-hybridized carbons (Fsp3) is 0.0556. The van der Waals surface area contributed by atoms with Crippen molar-refractivity contribution < 1.29 is 0 Å². The van der Waals surface area contributed by atoms with Crippen molar-refractivity contribution in [3.8, 4) is 11.1 Å². The number of aromatic amines is 1. The average molecular weight is 293 g/mol. The van der Waals surface area contributed by atoms with Gasteiger partial charge in [0, 0.05) is 33.2 Å². The maximum absolute atomic E-state index is 6.05. The lowest BCUT2D eigenvalue weighted by Gasteiger charge is -2.02. The molecule has 4 rings (SSSR count). The molecule has 2 heterocycles. The Morgan fingerprint density at radius 2 is 1.81 bits per heavy atom. The average Bonchev–Trinajstić information content (AvgIpc) is 2.84. The Hall–Kier alpha value is -2.32. The highest BCUT2D eigenvalue weighted by atomic mass is 35.5. The number of benzene rings is 2. The Bertz CT molecular complexity index is 955. The van der Waals surface area contributed by atoms with Crippen LogP contribution in [0.2, 0.25) is 5.02 Å². The number of nitrogens with zero attached hydrogens (tertiary/aromatic N) is 1. The van der Waals surface area contributed by atoms with Crippen LogP contribution in [0.3, 0.4) is 0 Å². The number of aromatic nitrogens is 2. The molecule has 3 heteroatoms. The van der Waals surface area contributed by atoms with Gasteiger partial charge in [0.1, 0.15) is 0 Å². The van der Waals surface area contributed by atoms with Crippen molar-refractivity contribution in [1.29, 1.82) is 0 Å². The molecule has 102 valence electrons. The third-order valence-electron chi connectivity index (χ3n) is 3.85. The molecule has 21 heavy (non-hydrogen) atoms. The van der Waals surface area contributed by atoms with E-state index in [1.165, 1.54) is 11.1 Å². The van der Waals surface area contributed by atoms with E-state index in [-0.39, 0.29) is 0 Å². The molecule has 0 saturated heterocycles. The molecule has 1 N–H and O–H groups in total. The lowest BCUT2D eigenvalue weighted by atomic mass is 10.0. The Balaban J connectivity index is 2.10. The summed E-state index contributed by atoms with van der Waals surface area (Å²) >= 11 is 6.05. The van der Waals surface area contributed by atoms with E-state index >= 15 is 0 Å². The third kappa shape index (κ3) is 1.91. The van der Waals surface area contributed by atoms with E-state index in [0.717, 1.165) is 27.5 Å². The number of aryl methyl sites for hydroxylation is 1. The van der Waals surface area contributed by atoms with Gasteiger partial charge in [0.2, 0.25) is 0 Å². The summed E-state index contributed by atoms with van der Waals surface area (Å²) in [7, 11) is 0. The maximum atomic E-state index is 6.05. The van der Waals surface area contributed by atoms with Gasteiger partial charge in [-0.3, -0.25) is 4.98 Å². The number of fused-ring (bicyclic) bond motifs is 3. The third-order valence-corrected chi connectivity index (χ3v) is 4.09. The first-order valence-electron chi connectivity index (χ1n) is 6.86. The van der Waals surface area contributed by atoms with E-state index in [0.29, 0.717) is 5.02 Å². The van der Waals surface area contributed by atoms with Gasteiger partial charge >= 0.3 is 0 Å². The van der Waals surface area contributed by atoms with Gasteiger partial charge in [0.15, 0.2) is 0 Å². The first-order valence-corrected chi connectivity index (χ1v) is 7.24. The minimum Gasteiger partial charge on any atom is -0.357 e. The minimum absolute atomic E-state index is 0.709. The van der Waals surface area contributed by atoms with E-state index in [1.54, 1.807) is 0 Å². The Kier molecular flexibility index (Phi) is 2.72. The van der Waals surface area contributed by atoms with Crippen molar-refractivity contribution in [2.45, 2.75) is 6.92 Å². The van der Waals surface area contributed by atoms with Gasteiger partial charge < -0.3 is 4.98 Å². The maximum Gasteiger partial charge on any atom is 0.0738 e. The van der Waals surface area contributed by atoms with Crippen LogP contribution in [-0.2, 0) is 0 Å². The quantitative estimate of drug-likeness (QED) is 0.503. The molecule has 0 aliphatic heterocycles. The summed E-state index contributed by atoms with van der Waals surface area (Å²) in [6.07, 6.45) is 1.93. The van der Waals surface area contributed by atoms with Crippen LogP contribution in [0.5, 0.6) is 0 Å². The number of halogens is 1. The van der Waals surface area contributed by atoms with Crippen molar-refractivity contribution in [3.63, 3.8) is 0 Å². The lowest BCUT2D eigenvalue weighted by Crippen LogP contribution is -1.81. The SMILES string of the molecule is Cc1[nH]c2c(cnc3cc(Cl)ccc32)c1-c1ccccc1. The Morgan fingerprint density at radius 3 is 2.62 bits per heavy atom. The predicted molar refractivity (Wildman–Crippen MR) is 88.8 cm³/mol. The smallest absolute Gasteiger partial charge is 0.0738 e. The zero-order chi connectivity index (χ0) is 14.4. The van der Waals surface area contributed by atoms with Crippen molar-refractivity contribution in [3.05, 3.63) is 65.4 Å². The van der Waals surface area contributed by atoms with E-state index in [4.69, 9.17) is 11.6 Å². The van der Waals surface area contributed by atoms with Crippen molar-refractivity contribution in [1.82, 2.24) is 9.97 Å². The standard InChI is InChI=1S/C18H13ClN2/c1-11-17(12-5-3-2-4-6-12)15-10-20-16-9-13(19)7-8-14(16)18(15)21-11/h2-10,21H,1H3. The number of H-pyrrole nitrogens is 1. The second-order valence-electron chi connectivity index (χ2n) is 5.20. The first kappa shape index (κ1) is 12.4. The summed E-state index contributed by atoms with van der Waals surface area (Å²) in [6, 6.07) is 16.2. The molecule has 2 aromatic carbocycles. The number of rotatable bonds is 1. The molecule has 0 amide bonds. The highest BCUT2D eigenvalue weighted by Crippen LogP contribution is 2.35. The molecule has 0 fully saturated rings. The van der Waals surface area contributed by atoms with Crippen LogP contribution in [0.25, 0.3) is 32.9 Å². The van der Waals surface area contributed by atoms with E-state index < -0.39 is 0 Å². The minimum atomic E-state index is 0.709. The summed E-state index contributed by atoms with van der Waals surface area (Å²) in [4.78, 5) is 8.07. The molecule has 0 spiro atoms. The van der Waals surface area contributed by atoms with Gasteiger partial charge in [-0.25, -0.2) is 0 Å². The Morgan fingerprint density at radius 1 is 1.00 bits per heavy atom. The molecular formula is C18H13ClN2. The molecular weight excluding hydrogens is 280 g/mol. The zero-order valence-corrected chi connectivity index (χ0v) is 12.3. The van der Waals surface area contributed by atoms with Crippen LogP contribution in [0.15, 0.2) is 54.7 Å². The number of nitrogens with one attached hydrogen (secondary N) is 1. The summed E-state index contributed by atoms with van der Waals surface area (Å²) in [5.41, 5.74) is 5.61. The molecule has 4 aromatic rings. The van der Waals surface area contributed by atoms with Crippen molar-refractivity contribution in [2.75, 3.05) is 0 Å². The second kappa shape index (κ2) is 4.61. The van der Waals surface area contributed by atoms with Crippen LogP contribution in [0.4, 0.5) is 0 Å². The molecule has 0 aliphatic rings.